The highest BCUT2D eigenvalue weighted by molar-refractivity contribution is 5.92. The van der Waals surface area contributed by atoms with Crippen molar-refractivity contribution in [2.75, 3.05) is 6.61 Å². The number of allylic oxidation sites excluding steroid dienone is 2. The standard InChI is InChI=1S/C20H18F3NO/c1-3-25-14-9-17(22)19(18(23)10-14)20-15(11-16(21)12(2)24-20)13-7-5-4-6-8-13/h4-10,16,24H,2-3,11H2,1H3. The summed E-state index contributed by atoms with van der Waals surface area (Å²) in [6.45, 7) is 5.65. The molecule has 25 heavy (non-hydrogen) atoms. The van der Waals surface area contributed by atoms with Gasteiger partial charge in [0.1, 0.15) is 23.6 Å². The van der Waals surface area contributed by atoms with Crippen LogP contribution in [0.4, 0.5) is 13.2 Å². The molecule has 1 atom stereocenters. The number of nitrogens with one attached hydrogen (secondary N) is 1. The third-order valence-corrected chi connectivity index (χ3v) is 4.05. The molecule has 1 aliphatic heterocycles. The second-order valence-electron chi connectivity index (χ2n) is 5.74. The minimum Gasteiger partial charge on any atom is -0.494 e. The van der Waals surface area contributed by atoms with Gasteiger partial charge in [-0.25, -0.2) is 13.2 Å². The number of hydrogen-bond donors (Lipinski definition) is 1. The Labute approximate surface area is 144 Å². The van der Waals surface area contributed by atoms with Gasteiger partial charge in [0.05, 0.1) is 17.9 Å². The minimum atomic E-state index is -1.33. The largest absolute Gasteiger partial charge is 0.494 e. The third-order valence-electron chi connectivity index (χ3n) is 4.05. The van der Waals surface area contributed by atoms with E-state index < -0.39 is 17.8 Å². The summed E-state index contributed by atoms with van der Waals surface area (Å²) < 4.78 is 48.6. The normalized spacial score (nSPS) is 17.4. The average molecular weight is 345 g/mol. The molecule has 1 N–H and O–H groups in total. The van der Waals surface area contributed by atoms with Gasteiger partial charge in [-0.1, -0.05) is 36.9 Å². The van der Waals surface area contributed by atoms with Gasteiger partial charge in [-0.2, -0.15) is 0 Å². The fourth-order valence-corrected chi connectivity index (χ4v) is 2.87. The molecule has 1 unspecified atom stereocenters. The van der Waals surface area contributed by atoms with Gasteiger partial charge in [-0.15, -0.1) is 0 Å². The molecule has 5 heteroatoms. The van der Waals surface area contributed by atoms with Crippen LogP contribution in [0.3, 0.4) is 0 Å². The SMILES string of the molecule is C=C1NC(c2c(F)cc(OCC)cc2F)=C(c2ccccc2)CC1F. The number of alkyl halides is 1. The smallest absolute Gasteiger partial charge is 0.143 e. The van der Waals surface area contributed by atoms with Crippen LogP contribution in [-0.2, 0) is 0 Å². The molecule has 0 radical (unpaired) electrons. The fourth-order valence-electron chi connectivity index (χ4n) is 2.87. The molecule has 0 bridgehead atoms. The Hall–Kier alpha value is -2.69. The van der Waals surface area contributed by atoms with Crippen molar-refractivity contribution in [2.45, 2.75) is 19.5 Å². The molecule has 0 saturated carbocycles. The van der Waals surface area contributed by atoms with E-state index in [9.17, 15) is 13.2 Å². The van der Waals surface area contributed by atoms with Gasteiger partial charge in [-0.05, 0) is 18.1 Å². The number of halogens is 3. The van der Waals surface area contributed by atoms with Crippen molar-refractivity contribution in [3.63, 3.8) is 0 Å². The predicted molar refractivity (Wildman–Crippen MR) is 92.6 cm³/mol. The van der Waals surface area contributed by atoms with Crippen LogP contribution in [0.15, 0.2) is 54.7 Å². The van der Waals surface area contributed by atoms with Crippen LogP contribution in [0, 0.1) is 11.6 Å². The minimum absolute atomic E-state index is 0.00271. The van der Waals surface area contributed by atoms with Crippen molar-refractivity contribution in [3.05, 3.63) is 77.5 Å². The summed E-state index contributed by atoms with van der Waals surface area (Å²) in [4.78, 5) is 0. The Morgan fingerprint density at radius 3 is 2.40 bits per heavy atom. The Balaban J connectivity index is 2.19. The van der Waals surface area contributed by atoms with E-state index in [1.165, 1.54) is 0 Å². The van der Waals surface area contributed by atoms with Gasteiger partial charge in [0.15, 0.2) is 0 Å². The van der Waals surface area contributed by atoms with Crippen LogP contribution < -0.4 is 10.1 Å². The number of rotatable bonds is 4. The Morgan fingerprint density at radius 2 is 1.80 bits per heavy atom. The lowest BCUT2D eigenvalue weighted by molar-refractivity contribution is 0.335. The molecule has 0 saturated heterocycles. The second-order valence-corrected chi connectivity index (χ2v) is 5.74. The fraction of sp³-hybridized carbons (Fsp3) is 0.200. The lowest BCUT2D eigenvalue weighted by Gasteiger charge is -2.27. The van der Waals surface area contributed by atoms with Gasteiger partial charge in [0.2, 0.25) is 0 Å². The molecule has 2 nitrogen and oxygen atoms in total. The topological polar surface area (TPSA) is 21.3 Å². The summed E-state index contributed by atoms with van der Waals surface area (Å²) in [5.74, 6) is -1.44. The van der Waals surface area contributed by atoms with Gasteiger partial charge >= 0.3 is 0 Å². The molecule has 1 heterocycles. The maximum absolute atomic E-state index is 14.6. The maximum atomic E-state index is 14.6. The van der Waals surface area contributed by atoms with E-state index in [1.807, 2.05) is 6.07 Å². The van der Waals surface area contributed by atoms with Crippen LogP contribution in [0.5, 0.6) is 5.75 Å². The van der Waals surface area contributed by atoms with E-state index in [-0.39, 0.29) is 29.1 Å². The van der Waals surface area contributed by atoms with Gasteiger partial charge in [-0.3, -0.25) is 0 Å². The van der Waals surface area contributed by atoms with Crippen LogP contribution in [-0.4, -0.2) is 12.8 Å². The van der Waals surface area contributed by atoms with Gasteiger partial charge in [0, 0.05) is 24.3 Å². The van der Waals surface area contributed by atoms with Crippen LogP contribution in [0.2, 0.25) is 0 Å². The Morgan fingerprint density at radius 1 is 1.16 bits per heavy atom. The first-order valence-electron chi connectivity index (χ1n) is 8.02. The molecule has 0 amide bonds. The molecular formula is C20H18F3NO. The highest BCUT2D eigenvalue weighted by Crippen LogP contribution is 2.37. The molecular weight excluding hydrogens is 327 g/mol. The summed E-state index contributed by atoms with van der Waals surface area (Å²) in [6.07, 6.45) is -1.33. The monoisotopic (exact) mass is 345 g/mol. The molecule has 1 aliphatic rings. The highest BCUT2D eigenvalue weighted by atomic mass is 19.1. The van der Waals surface area contributed by atoms with Gasteiger partial charge < -0.3 is 10.1 Å². The van der Waals surface area contributed by atoms with Crippen molar-refractivity contribution in [1.82, 2.24) is 5.32 Å². The van der Waals surface area contributed by atoms with Crippen molar-refractivity contribution in [3.8, 4) is 5.75 Å². The van der Waals surface area contributed by atoms with Crippen molar-refractivity contribution in [2.24, 2.45) is 0 Å². The van der Waals surface area contributed by atoms with Crippen molar-refractivity contribution < 1.29 is 17.9 Å². The quantitative estimate of drug-likeness (QED) is 0.835. The van der Waals surface area contributed by atoms with E-state index in [1.54, 1.807) is 31.2 Å². The zero-order valence-corrected chi connectivity index (χ0v) is 13.8. The molecule has 130 valence electrons. The highest BCUT2D eigenvalue weighted by Gasteiger charge is 2.28. The first-order chi connectivity index (χ1) is 12.0. The Kier molecular flexibility index (Phi) is 4.83. The summed E-state index contributed by atoms with van der Waals surface area (Å²) in [5, 5.41) is 2.75. The van der Waals surface area contributed by atoms with E-state index in [4.69, 9.17) is 4.74 Å². The molecule has 3 rings (SSSR count). The number of ether oxygens (including phenoxy) is 1. The molecule has 0 spiro atoms. The lowest BCUT2D eigenvalue weighted by Crippen LogP contribution is -2.27. The van der Waals surface area contributed by atoms with Crippen LogP contribution >= 0.6 is 0 Å². The van der Waals surface area contributed by atoms with Crippen LogP contribution in [0.25, 0.3) is 11.3 Å². The molecule has 2 aromatic carbocycles. The van der Waals surface area contributed by atoms with E-state index in [0.29, 0.717) is 17.7 Å². The zero-order valence-electron chi connectivity index (χ0n) is 13.8. The third kappa shape index (κ3) is 3.40. The first kappa shape index (κ1) is 17.1. The van der Waals surface area contributed by atoms with E-state index in [0.717, 1.165) is 12.1 Å². The lowest BCUT2D eigenvalue weighted by atomic mass is 9.90. The van der Waals surface area contributed by atoms with Crippen LogP contribution in [0.1, 0.15) is 24.5 Å². The Bertz CT molecular complexity index is 807. The van der Waals surface area contributed by atoms with E-state index in [2.05, 4.69) is 11.9 Å². The van der Waals surface area contributed by atoms with Crippen molar-refractivity contribution >= 4 is 11.3 Å². The molecule has 2 aromatic rings. The molecule has 0 fully saturated rings. The van der Waals surface area contributed by atoms with E-state index >= 15 is 0 Å². The maximum Gasteiger partial charge on any atom is 0.143 e. The summed E-state index contributed by atoms with van der Waals surface area (Å²) in [6, 6.07) is 11.2. The summed E-state index contributed by atoms with van der Waals surface area (Å²) in [5.41, 5.74) is 1.25. The van der Waals surface area contributed by atoms with Gasteiger partial charge in [0.25, 0.3) is 0 Å². The zero-order chi connectivity index (χ0) is 18.0. The average Bonchev–Trinajstić information content (AvgIpc) is 2.58. The van der Waals surface area contributed by atoms with Crippen molar-refractivity contribution in [1.29, 1.82) is 0 Å². The summed E-state index contributed by atoms with van der Waals surface area (Å²) >= 11 is 0. The number of hydrogen-bond acceptors (Lipinski definition) is 2. The first-order valence-corrected chi connectivity index (χ1v) is 8.02. The molecule has 0 aromatic heterocycles. The molecule has 0 aliphatic carbocycles. The summed E-state index contributed by atoms with van der Waals surface area (Å²) in [7, 11) is 0. The predicted octanol–water partition coefficient (Wildman–Crippen LogP) is 5.08. The number of benzene rings is 2. The second kappa shape index (κ2) is 7.05.